The number of carbonyl (C=O) groups is 2. The molecule has 2 heterocycles. The van der Waals surface area contributed by atoms with E-state index in [-0.39, 0.29) is 6.42 Å². The van der Waals surface area contributed by atoms with Gasteiger partial charge in [-0.15, -0.1) is 0 Å². The lowest BCUT2D eigenvalue weighted by Crippen LogP contribution is -2.45. The first kappa shape index (κ1) is 23.2. The molecule has 0 aliphatic carbocycles. The van der Waals surface area contributed by atoms with Crippen molar-refractivity contribution in [2.75, 3.05) is 7.11 Å². The standard InChI is InChI=1S/C20H31BN2O6/c1-18(2,3)27-17(25)23-15(16(24)26-8)11-14-10-9-13(12-22-14)21-28-19(4,5)20(6,7)29-21/h9-10,12,15H,11H2,1-8H3,(H,23,25)/t15-/m0/s1. The fourth-order valence-electron chi connectivity index (χ4n) is 2.67. The average Bonchev–Trinajstić information content (AvgIpc) is 2.80. The zero-order chi connectivity index (χ0) is 22.0. The highest BCUT2D eigenvalue weighted by molar-refractivity contribution is 6.62. The van der Waals surface area contributed by atoms with Gasteiger partial charge >= 0.3 is 19.2 Å². The number of aromatic nitrogens is 1. The third-order valence-corrected chi connectivity index (χ3v) is 4.96. The molecular weight excluding hydrogens is 375 g/mol. The molecule has 0 radical (unpaired) electrons. The molecule has 0 unspecified atom stereocenters. The zero-order valence-corrected chi connectivity index (χ0v) is 18.5. The Hall–Kier alpha value is -2.13. The topological polar surface area (TPSA) is 96.0 Å². The van der Waals surface area contributed by atoms with Crippen LogP contribution in [0.2, 0.25) is 0 Å². The number of nitrogens with zero attached hydrogens (tertiary/aromatic N) is 1. The van der Waals surface area contributed by atoms with Crippen molar-refractivity contribution in [3.05, 3.63) is 24.0 Å². The van der Waals surface area contributed by atoms with Crippen LogP contribution in [0.4, 0.5) is 4.79 Å². The van der Waals surface area contributed by atoms with Crippen LogP contribution >= 0.6 is 0 Å². The van der Waals surface area contributed by atoms with Gasteiger partial charge in [0.15, 0.2) is 0 Å². The van der Waals surface area contributed by atoms with E-state index in [1.807, 2.05) is 33.8 Å². The molecule has 160 valence electrons. The maximum Gasteiger partial charge on any atom is 0.496 e. The van der Waals surface area contributed by atoms with E-state index >= 15 is 0 Å². The Morgan fingerprint density at radius 2 is 1.76 bits per heavy atom. The van der Waals surface area contributed by atoms with Gasteiger partial charge in [-0.1, -0.05) is 6.07 Å². The summed E-state index contributed by atoms with van der Waals surface area (Å²) in [5.74, 6) is -0.576. The Bertz CT molecular complexity index is 726. The SMILES string of the molecule is COC(=O)[C@H](Cc1ccc(B2OC(C)(C)C(C)(C)O2)cn1)NC(=O)OC(C)(C)C. The van der Waals surface area contributed by atoms with E-state index in [4.69, 9.17) is 18.8 Å². The zero-order valence-electron chi connectivity index (χ0n) is 18.5. The highest BCUT2D eigenvalue weighted by Crippen LogP contribution is 2.36. The number of pyridine rings is 1. The Morgan fingerprint density at radius 3 is 2.21 bits per heavy atom. The minimum atomic E-state index is -0.912. The van der Waals surface area contributed by atoms with Crippen LogP contribution < -0.4 is 10.8 Å². The van der Waals surface area contributed by atoms with Gasteiger partial charge in [-0.05, 0) is 54.5 Å². The minimum Gasteiger partial charge on any atom is -0.467 e. The van der Waals surface area contributed by atoms with E-state index in [2.05, 4.69) is 10.3 Å². The minimum absolute atomic E-state index is 0.162. The highest BCUT2D eigenvalue weighted by atomic mass is 16.7. The molecule has 1 aromatic rings. The molecule has 0 spiro atoms. The summed E-state index contributed by atoms with van der Waals surface area (Å²) < 4.78 is 22.0. The lowest BCUT2D eigenvalue weighted by atomic mass is 9.80. The molecule has 1 N–H and O–H groups in total. The van der Waals surface area contributed by atoms with E-state index in [0.29, 0.717) is 5.69 Å². The van der Waals surface area contributed by atoms with E-state index in [1.54, 1.807) is 33.0 Å². The van der Waals surface area contributed by atoms with Crippen molar-refractivity contribution < 1.29 is 28.4 Å². The molecule has 0 aromatic carbocycles. The van der Waals surface area contributed by atoms with Crippen molar-refractivity contribution in [1.82, 2.24) is 10.3 Å². The van der Waals surface area contributed by atoms with Crippen molar-refractivity contribution in [3.8, 4) is 0 Å². The molecule has 2 rings (SSSR count). The molecule has 0 saturated carbocycles. The normalized spacial score (nSPS) is 18.8. The van der Waals surface area contributed by atoms with Gasteiger partial charge in [-0.2, -0.15) is 0 Å². The van der Waals surface area contributed by atoms with Gasteiger partial charge in [0.2, 0.25) is 0 Å². The van der Waals surface area contributed by atoms with Gasteiger partial charge in [0.1, 0.15) is 11.6 Å². The van der Waals surface area contributed by atoms with Crippen molar-refractivity contribution in [2.45, 2.75) is 77.7 Å². The number of alkyl carbamates (subject to hydrolysis) is 1. The monoisotopic (exact) mass is 406 g/mol. The third-order valence-electron chi connectivity index (χ3n) is 4.96. The van der Waals surface area contributed by atoms with Crippen LogP contribution in [0, 0.1) is 0 Å². The first-order valence-electron chi connectivity index (χ1n) is 9.62. The number of carbonyl (C=O) groups excluding carboxylic acids is 2. The lowest BCUT2D eigenvalue weighted by Gasteiger charge is -2.32. The molecule has 1 aliphatic heterocycles. The smallest absolute Gasteiger partial charge is 0.467 e. The maximum absolute atomic E-state index is 12.1. The van der Waals surface area contributed by atoms with E-state index < -0.39 is 42.0 Å². The van der Waals surface area contributed by atoms with Gasteiger partial charge in [0.25, 0.3) is 0 Å². The number of amides is 1. The summed E-state index contributed by atoms with van der Waals surface area (Å²) in [7, 11) is 0.749. The van der Waals surface area contributed by atoms with Crippen molar-refractivity contribution in [2.24, 2.45) is 0 Å². The summed E-state index contributed by atoms with van der Waals surface area (Å²) in [6.45, 7) is 13.2. The summed E-state index contributed by atoms with van der Waals surface area (Å²) in [6.07, 6.45) is 1.12. The van der Waals surface area contributed by atoms with Gasteiger partial charge in [0, 0.05) is 23.8 Å². The van der Waals surface area contributed by atoms with Crippen molar-refractivity contribution in [1.29, 1.82) is 0 Å². The predicted molar refractivity (Wildman–Crippen MR) is 109 cm³/mol. The van der Waals surface area contributed by atoms with Gasteiger partial charge < -0.3 is 24.1 Å². The number of hydrogen-bond donors (Lipinski definition) is 1. The van der Waals surface area contributed by atoms with E-state index in [1.165, 1.54) is 7.11 Å². The molecule has 29 heavy (non-hydrogen) atoms. The van der Waals surface area contributed by atoms with Crippen molar-refractivity contribution in [3.63, 3.8) is 0 Å². The van der Waals surface area contributed by atoms with Crippen LogP contribution in [0.3, 0.4) is 0 Å². The van der Waals surface area contributed by atoms with Gasteiger partial charge in [-0.3, -0.25) is 4.98 Å². The summed E-state index contributed by atoms with van der Waals surface area (Å²) in [4.78, 5) is 28.5. The van der Waals surface area contributed by atoms with Crippen LogP contribution in [-0.2, 0) is 30.0 Å². The second-order valence-corrected chi connectivity index (χ2v) is 9.10. The molecule has 8 nitrogen and oxygen atoms in total. The fraction of sp³-hybridized carbons (Fsp3) is 0.650. The molecular formula is C20H31BN2O6. The summed E-state index contributed by atoms with van der Waals surface area (Å²) >= 11 is 0. The molecule has 1 aromatic heterocycles. The van der Waals surface area contributed by atoms with E-state index in [9.17, 15) is 9.59 Å². The van der Waals surface area contributed by atoms with Crippen LogP contribution in [0.25, 0.3) is 0 Å². The molecule has 1 amide bonds. The van der Waals surface area contributed by atoms with Crippen LogP contribution in [0.1, 0.15) is 54.2 Å². The molecule has 1 aliphatic rings. The van der Waals surface area contributed by atoms with Gasteiger partial charge in [0.05, 0.1) is 18.3 Å². The number of esters is 1. The Morgan fingerprint density at radius 1 is 1.17 bits per heavy atom. The number of nitrogens with one attached hydrogen (secondary N) is 1. The molecule has 1 atom stereocenters. The maximum atomic E-state index is 12.1. The Kier molecular flexibility index (Phi) is 6.64. The van der Waals surface area contributed by atoms with Crippen molar-refractivity contribution >= 4 is 24.6 Å². The molecule has 1 saturated heterocycles. The van der Waals surface area contributed by atoms with E-state index in [0.717, 1.165) is 5.46 Å². The average molecular weight is 406 g/mol. The highest BCUT2D eigenvalue weighted by Gasteiger charge is 2.51. The molecule has 9 heteroatoms. The second-order valence-electron chi connectivity index (χ2n) is 9.10. The number of methoxy groups -OCH3 is 1. The summed E-state index contributed by atoms with van der Waals surface area (Å²) in [5.41, 5.74) is -0.167. The van der Waals surface area contributed by atoms with Crippen LogP contribution in [0.5, 0.6) is 0 Å². The number of hydrogen-bond acceptors (Lipinski definition) is 7. The molecule has 1 fully saturated rings. The van der Waals surface area contributed by atoms with Gasteiger partial charge in [-0.25, -0.2) is 9.59 Å². The summed E-state index contributed by atoms with van der Waals surface area (Å²) in [5, 5.41) is 2.54. The number of rotatable bonds is 5. The number of ether oxygens (including phenoxy) is 2. The third kappa shape index (κ3) is 5.93. The van der Waals surface area contributed by atoms with Crippen LogP contribution in [0.15, 0.2) is 18.3 Å². The first-order valence-corrected chi connectivity index (χ1v) is 9.62. The quantitative estimate of drug-likeness (QED) is 0.590. The van der Waals surface area contributed by atoms with Crippen LogP contribution in [-0.4, -0.2) is 54.1 Å². The Labute approximate surface area is 172 Å². The molecule has 0 bridgehead atoms. The lowest BCUT2D eigenvalue weighted by molar-refractivity contribution is -0.143. The summed E-state index contributed by atoms with van der Waals surface area (Å²) in [6, 6.07) is 2.70. The second kappa shape index (κ2) is 8.32. The predicted octanol–water partition coefficient (Wildman–Crippen LogP) is 1.99. The Balaban J connectivity index is 2.07. The first-order chi connectivity index (χ1) is 13.2. The fourth-order valence-corrected chi connectivity index (χ4v) is 2.67. The largest absolute Gasteiger partial charge is 0.496 e.